The standard InChI is InChI=1S/C52H35NS/c1-2-11-36(12-3-1)37-21-23-41(24-22-37)47-16-6-8-19-50(47)53(44-32-27-40(28-33-44)46-18-10-14-39-13-4-5-15-45(39)46)43-30-25-38(26-31-43)42-29-34-49-48-17-7-9-20-51(48)54-52(49)35-42/h1-35H. The Morgan fingerprint density at radius 2 is 0.796 bits per heavy atom. The summed E-state index contributed by atoms with van der Waals surface area (Å²) in [6, 6.07) is 77.1. The fraction of sp³-hybridized carbons (Fsp3) is 0. The summed E-state index contributed by atoms with van der Waals surface area (Å²) >= 11 is 1.86. The molecule has 0 saturated carbocycles. The Hall–Kier alpha value is -6.74. The van der Waals surface area contributed by atoms with Crippen molar-refractivity contribution >= 4 is 59.3 Å². The number of hydrogen-bond acceptors (Lipinski definition) is 2. The van der Waals surface area contributed by atoms with E-state index in [1.807, 2.05) is 11.3 Å². The van der Waals surface area contributed by atoms with E-state index in [1.54, 1.807) is 0 Å². The molecule has 0 atom stereocenters. The summed E-state index contributed by atoms with van der Waals surface area (Å²) in [5.41, 5.74) is 13.0. The molecule has 10 aromatic rings. The van der Waals surface area contributed by atoms with Gasteiger partial charge in [0.15, 0.2) is 0 Å². The first-order chi connectivity index (χ1) is 26.8. The van der Waals surface area contributed by atoms with Crippen LogP contribution in [0.25, 0.3) is 75.5 Å². The third-order valence-electron chi connectivity index (χ3n) is 10.5. The zero-order valence-electron chi connectivity index (χ0n) is 29.6. The molecule has 0 aliphatic carbocycles. The SMILES string of the molecule is c1ccc(-c2ccc(-c3ccccc3N(c3ccc(-c4ccc5c(c4)sc4ccccc45)cc3)c3ccc(-c4cccc5ccccc45)cc3)cc2)cc1. The van der Waals surface area contributed by atoms with Crippen LogP contribution in [0.15, 0.2) is 212 Å². The van der Waals surface area contributed by atoms with Gasteiger partial charge in [0.05, 0.1) is 5.69 Å². The summed E-state index contributed by atoms with van der Waals surface area (Å²) in [5.74, 6) is 0. The van der Waals surface area contributed by atoms with Crippen LogP contribution in [-0.4, -0.2) is 0 Å². The number of anilines is 3. The number of rotatable bonds is 7. The number of hydrogen-bond donors (Lipinski definition) is 0. The first-order valence-electron chi connectivity index (χ1n) is 18.4. The summed E-state index contributed by atoms with van der Waals surface area (Å²) in [5, 5.41) is 5.16. The van der Waals surface area contributed by atoms with Gasteiger partial charge in [-0.15, -0.1) is 11.3 Å². The topological polar surface area (TPSA) is 3.24 Å². The Bertz CT molecular complexity index is 2900. The average Bonchev–Trinajstić information content (AvgIpc) is 3.63. The molecule has 1 heterocycles. The number of thiophene rings is 1. The Morgan fingerprint density at radius 3 is 1.59 bits per heavy atom. The molecule has 9 aromatic carbocycles. The molecule has 0 fully saturated rings. The molecule has 0 amide bonds. The van der Waals surface area contributed by atoms with Gasteiger partial charge in [-0.3, -0.25) is 0 Å². The fourth-order valence-electron chi connectivity index (χ4n) is 7.79. The second-order valence-electron chi connectivity index (χ2n) is 13.7. The molecule has 54 heavy (non-hydrogen) atoms. The maximum absolute atomic E-state index is 2.40. The van der Waals surface area contributed by atoms with Crippen molar-refractivity contribution < 1.29 is 0 Å². The Kier molecular flexibility index (Phi) is 8.09. The highest BCUT2D eigenvalue weighted by Gasteiger charge is 2.18. The van der Waals surface area contributed by atoms with Gasteiger partial charge in [-0.1, -0.05) is 170 Å². The van der Waals surface area contributed by atoms with Gasteiger partial charge >= 0.3 is 0 Å². The van der Waals surface area contributed by atoms with E-state index in [1.165, 1.54) is 75.5 Å². The summed E-state index contributed by atoms with van der Waals surface area (Å²) in [7, 11) is 0. The highest BCUT2D eigenvalue weighted by molar-refractivity contribution is 7.25. The van der Waals surface area contributed by atoms with Crippen molar-refractivity contribution in [2.24, 2.45) is 0 Å². The lowest BCUT2D eigenvalue weighted by Crippen LogP contribution is -2.11. The van der Waals surface area contributed by atoms with Crippen LogP contribution in [0.4, 0.5) is 17.1 Å². The lowest BCUT2D eigenvalue weighted by atomic mass is 9.97. The van der Waals surface area contributed by atoms with E-state index in [2.05, 4.69) is 217 Å². The number of nitrogens with zero attached hydrogens (tertiary/aromatic N) is 1. The second kappa shape index (κ2) is 13.7. The molecule has 0 aliphatic heterocycles. The van der Waals surface area contributed by atoms with Gasteiger partial charge in [0.1, 0.15) is 0 Å². The van der Waals surface area contributed by atoms with E-state index < -0.39 is 0 Å². The van der Waals surface area contributed by atoms with Gasteiger partial charge in [-0.25, -0.2) is 0 Å². The Labute approximate surface area is 319 Å². The van der Waals surface area contributed by atoms with Gasteiger partial charge in [-0.05, 0) is 92.2 Å². The molecule has 2 heteroatoms. The van der Waals surface area contributed by atoms with E-state index in [0.29, 0.717) is 0 Å². The molecule has 10 rings (SSSR count). The summed E-state index contributed by atoms with van der Waals surface area (Å²) in [6.07, 6.45) is 0. The van der Waals surface area contributed by atoms with Crippen LogP contribution in [0.3, 0.4) is 0 Å². The molecule has 0 bridgehead atoms. The average molecular weight is 706 g/mol. The predicted octanol–water partition coefficient (Wildman–Crippen LogP) is 15.3. The van der Waals surface area contributed by atoms with Crippen molar-refractivity contribution in [3.63, 3.8) is 0 Å². The minimum Gasteiger partial charge on any atom is -0.310 e. The molecule has 1 nitrogen and oxygen atoms in total. The van der Waals surface area contributed by atoms with Crippen LogP contribution >= 0.6 is 11.3 Å². The first-order valence-corrected chi connectivity index (χ1v) is 19.2. The summed E-state index contributed by atoms with van der Waals surface area (Å²) < 4.78 is 2.65. The monoisotopic (exact) mass is 705 g/mol. The van der Waals surface area contributed by atoms with Gasteiger partial charge in [0, 0.05) is 37.1 Å². The van der Waals surface area contributed by atoms with Gasteiger partial charge in [0.2, 0.25) is 0 Å². The second-order valence-corrected chi connectivity index (χ2v) is 14.8. The highest BCUT2D eigenvalue weighted by atomic mass is 32.1. The number of para-hydroxylation sites is 1. The number of fused-ring (bicyclic) bond motifs is 4. The fourth-order valence-corrected chi connectivity index (χ4v) is 8.93. The largest absolute Gasteiger partial charge is 0.310 e. The molecule has 0 saturated heterocycles. The van der Waals surface area contributed by atoms with Crippen molar-refractivity contribution in [3.8, 4) is 44.5 Å². The third kappa shape index (κ3) is 5.84. The third-order valence-corrected chi connectivity index (χ3v) is 11.6. The van der Waals surface area contributed by atoms with Crippen LogP contribution in [-0.2, 0) is 0 Å². The van der Waals surface area contributed by atoms with Crippen molar-refractivity contribution in [2.75, 3.05) is 4.90 Å². The summed E-state index contributed by atoms with van der Waals surface area (Å²) in [4.78, 5) is 2.40. The maximum Gasteiger partial charge on any atom is 0.0540 e. The van der Waals surface area contributed by atoms with E-state index in [0.717, 1.165) is 17.1 Å². The minimum absolute atomic E-state index is 1.10. The van der Waals surface area contributed by atoms with Crippen LogP contribution in [0, 0.1) is 0 Å². The lowest BCUT2D eigenvalue weighted by molar-refractivity contribution is 1.28. The Morgan fingerprint density at radius 1 is 0.296 bits per heavy atom. The van der Waals surface area contributed by atoms with Crippen molar-refractivity contribution in [3.05, 3.63) is 212 Å². The molecule has 0 unspecified atom stereocenters. The van der Waals surface area contributed by atoms with E-state index in [-0.39, 0.29) is 0 Å². The summed E-state index contributed by atoms with van der Waals surface area (Å²) in [6.45, 7) is 0. The smallest absolute Gasteiger partial charge is 0.0540 e. The predicted molar refractivity (Wildman–Crippen MR) is 233 cm³/mol. The van der Waals surface area contributed by atoms with Crippen LogP contribution in [0.2, 0.25) is 0 Å². The normalized spacial score (nSPS) is 11.3. The molecular formula is C52H35NS. The van der Waals surface area contributed by atoms with Crippen molar-refractivity contribution in [2.45, 2.75) is 0 Å². The van der Waals surface area contributed by atoms with Crippen LogP contribution in [0.1, 0.15) is 0 Å². The number of benzene rings is 9. The first kappa shape index (κ1) is 32.0. The molecular weight excluding hydrogens is 671 g/mol. The quantitative estimate of drug-likeness (QED) is 0.160. The zero-order valence-corrected chi connectivity index (χ0v) is 30.4. The minimum atomic E-state index is 1.10. The molecule has 254 valence electrons. The zero-order chi connectivity index (χ0) is 35.8. The molecule has 0 aliphatic rings. The van der Waals surface area contributed by atoms with Gasteiger partial charge in [0.25, 0.3) is 0 Å². The lowest BCUT2D eigenvalue weighted by Gasteiger charge is -2.28. The van der Waals surface area contributed by atoms with Crippen molar-refractivity contribution in [1.82, 2.24) is 0 Å². The van der Waals surface area contributed by atoms with Crippen molar-refractivity contribution in [1.29, 1.82) is 0 Å². The highest BCUT2D eigenvalue weighted by Crippen LogP contribution is 2.43. The molecule has 0 N–H and O–H groups in total. The van der Waals surface area contributed by atoms with E-state index in [4.69, 9.17) is 0 Å². The van der Waals surface area contributed by atoms with Gasteiger partial charge < -0.3 is 4.90 Å². The molecule has 0 radical (unpaired) electrons. The maximum atomic E-state index is 2.40. The Balaban J connectivity index is 1.06. The van der Waals surface area contributed by atoms with Gasteiger partial charge in [-0.2, -0.15) is 0 Å². The van der Waals surface area contributed by atoms with E-state index in [9.17, 15) is 0 Å². The van der Waals surface area contributed by atoms with E-state index >= 15 is 0 Å². The van der Waals surface area contributed by atoms with Crippen LogP contribution < -0.4 is 4.90 Å². The molecule has 1 aromatic heterocycles. The van der Waals surface area contributed by atoms with Crippen LogP contribution in [0.5, 0.6) is 0 Å². The molecule has 0 spiro atoms.